The minimum Gasteiger partial charge on any atom is -0.488 e. The van der Waals surface area contributed by atoms with Crippen molar-refractivity contribution in [2.75, 3.05) is 12.4 Å². The van der Waals surface area contributed by atoms with Crippen molar-refractivity contribution in [3.63, 3.8) is 0 Å². The van der Waals surface area contributed by atoms with Crippen molar-refractivity contribution < 1.29 is 18.3 Å². The Morgan fingerprint density at radius 2 is 2.15 bits per heavy atom. The first-order valence-corrected chi connectivity index (χ1v) is 6.67. The molecule has 1 heterocycles. The zero-order chi connectivity index (χ0) is 14.4. The van der Waals surface area contributed by atoms with Crippen LogP contribution < -0.4 is 10.1 Å². The number of ether oxygens (including phenoxy) is 1. The quantitative estimate of drug-likeness (QED) is 0.667. The van der Waals surface area contributed by atoms with Crippen LogP contribution in [-0.2, 0) is 4.79 Å². The van der Waals surface area contributed by atoms with Crippen LogP contribution in [-0.4, -0.2) is 36.1 Å². The van der Waals surface area contributed by atoms with Gasteiger partial charge in [-0.2, -0.15) is 5.10 Å². The van der Waals surface area contributed by atoms with Gasteiger partial charge < -0.3 is 10.1 Å². The van der Waals surface area contributed by atoms with Crippen LogP contribution >= 0.6 is 11.8 Å². The number of nitrogens with zero attached hydrogens (tertiary/aromatic N) is 2. The van der Waals surface area contributed by atoms with Crippen LogP contribution in [0.5, 0.6) is 5.75 Å². The molecule has 0 unspecified atom stereocenters. The molecule has 8 heteroatoms. The fourth-order valence-corrected chi connectivity index (χ4v) is 1.97. The van der Waals surface area contributed by atoms with Gasteiger partial charge in [0.2, 0.25) is 5.91 Å². The Kier molecular flexibility index (Phi) is 5.05. The van der Waals surface area contributed by atoms with Gasteiger partial charge in [0.05, 0.1) is 12.0 Å². The van der Waals surface area contributed by atoms with Crippen LogP contribution in [0, 0.1) is 0 Å². The van der Waals surface area contributed by atoms with E-state index in [2.05, 4.69) is 15.5 Å². The molecule has 0 saturated carbocycles. The van der Waals surface area contributed by atoms with E-state index in [4.69, 9.17) is 4.74 Å². The number of nitrogens with one attached hydrogen (secondary N) is 1. The molecule has 1 aromatic carbocycles. The third-order valence-corrected chi connectivity index (χ3v) is 3.06. The molecule has 0 bridgehead atoms. The maximum absolute atomic E-state index is 11.9. The Labute approximate surface area is 118 Å². The van der Waals surface area contributed by atoms with Crippen molar-refractivity contribution in [1.29, 1.82) is 0 Å². The second-order valence-electron chi connectivity index (χ2n) is 3.76. The average molecular weight is 299 g/mol. The van der Waals surface area contributed by atoms with Crippen molar-refractivity contribution in [1.82, 2.24) is 5.32 Å². The molecule has 1 aliphatic rings. The van der Waals surface area contributed by atoms with Gasteiger partial charge in [0.15, 0.2) is 5.17 Å². The summed E-state index contributed by atoms with van der Waals surface area (Å²) >= 11 is 1.28. The van der Waals surface area contributed by atoms with Gasteiger partial charge in [-0.1, -0.05) is 11.8 Å². The summed E-state index contributed by atoms with van der Waals surface area (Å²) in [7, 11) is 0. The number of benzene rings is 1. The maximum Gasteiger partial charge on any atom is 0.272 e. The lowest BCUT2D eigenvalue weighted by Gasteiger charge is -2.04. The van der Waals surface area contributed by atoms with E-state index >= 15 is 0 Å². The van der Waals surface area contributed by atoms with E-state index in [1.165, 1.54) is 18.0 Å². The number of amidine groups is 1. The van der Waals surface area contributed by atoms with Crippen molar-refractivity contribution >= 4 is 29.1 Å². The molecule has 0 aliphatic carbocycles. The van der Waals surface area contributed by atoms with Crippen LogP contribution in [0.1, 0.15) is 5.56 Å². The van der Waals surface area contributed by atoms with Crippen LogP contribution in [0.25, 0.3) is 0 Å². The molecule has 1 N–H and O–H groups in total. The normalized spacial score (nSPS) is 17.1. The SMILES string of the molecule is O=C1CSC(=NN=Cc2ccc(OCC(F)F)cc2)N1. The standard InChI is InChI=1S/C12H11F2N3O2S/c13-10(14)6-19-9-3-1-8(2-4-9)5-15-17-12-16-11(18)7-20-12/h1-5,10H,6-7H2,(H,16,17,18). The van der Waals surface area contributed by atoms with Gasteiger partial charge in [0, 0.05) is 0 Å². The highest BCUT2D eigenvalue weighted by Gasteiger charge is 2.15. The molecule has 0 aromatic heterocycles. The van der Waals surface area contributed by atoms with Crippen molar-refractivity contribution in [3.05, 3.63) is 29.8 Å². The molecule has 1 amide bonds. The second kappa shape index (κ2) is 6.99. The second-order valence-corrected chi connectivity index (χ2v) is 4.72. The van der Waals surface area contributed by atoms with E-state index in [1.54, 1.807) is 24.3 Å². The molecule has 2 rings (SSSR count). The summed E-state index contributed by atoms with van der Waals surface area (Å²) in [5, 5.41) is 10.7. The summed E-state index contributed by atoms with van der Waals surface area (Å²) in [4.78, 5) is 10.9. The monoisotopic (exact) mass is 299 g/mol. The number of hydrogen-bond donors (Lipinski definition) is 1. The van der Waals surface area contributed by atoms with Gasteiger partial charge in [0.25, 0.3) is 6.43 Å². The van der Waals surface area contributed by atoms with Crippen LogP contribution in [0.4, 0.5) is 8.78 Å². The van der Waals surface area contributed by atoms with E-state index in [0.29, 0.717) is 16.7 Å². The first kappa shape index (κ1) is 14.4. The maximum atomic E-state index is 11.9. The summed E-state index contributed by atoms with van der Waals surface area (Å²) in [6.45, 7) is -0.627. The minimum absolute atomic E-state index is 0.0931. The van der Waals surface area contributed by atoms with Gasteiger partial charge in [-0.15, -0.1) is 5.10 Å². The van der Waals surface area contributed by atoms with E-state index in [9.17, 15) is 13.6 Å². The van der Waals surface area contributed by atoms with Crippen LogP contribution in [0.3, 0.4) is 0 Å². The molecule has 106 valence electrons. The molecule has 1 saturated heterocycles. The highest BCUT2D eigenvalue weighted by atomic mass is 32.2. The molecule has 1 aliphatic heterocycles. The van der Waals surface area contributed by atoms with E-state index in [1.807, 2.05) is 0 Å². The Bertz CT molecular complexity index is 532. The molecule has 0 spiro atoms. The number of thioether (sulfide) groups is 1. The van der Waals surface area contributed by atoms with Gasteiger partial charge in [-0.25, -0.2) is 8.78 Å². The third-order valence-electron chi connectivity index (χ3n) is 2.20. The van der Waals surface area contributed by atoms with Gasteiger partial charge in [-0.05, 0) is 29.8 Å². The topological polar surface area (TPSA) is 63.0 Å². The lowest BCUT2D eigenvalue weighted by Crippen LogP contribution is -2.19. The molecular weight excluding hydrogens is 288 g/mol. The first-order chi connectivity index (χ1) is 9.63. The Morgan fingerprint density at radius 3 is 2.75 bits per heavy atom. The highest BCUT2D eigenvalue weighted by Crippen LogP contribution is 2.12. The van der Waals surface area contributed by atoms with E-state index < -0.39 is 13.0 Å². The lowest BCUT2D eigenvalue weighted by molar-refractivity contribution is -0.116. The van der Waals surface area contributed by atoms with Gasteiger partial charge in [-0.3, -0.25) is 4.79 Å². The molecule has 1 fully saturated rings. The number of carbonyl (C=O) groups excluding carboxylic acids is 1. The lowest BCUT2D eigenvalue weighted by atomic mass is 10.2. The highest BCUT2D eigenvalue weighted by molar-refractivity contribution is 8.15. The van der Waals surface area contributed by atoms with Gasteiger partial charge in [0.1, 0.15) is 12.4 Å². The van der Waals surface area contributed by atoms with Gasteiger partial charge >= 0.3 is 0 Å². The largest absolute Gasteiger partial charge is 0.488 e. The number of amides is 1. The summed E-state index contributed by atoms with van der Waals surface area (Å²) in [6, 6.07) is 6.49. The van der Waals surface area contributed by atoms with Crippen molar-refractivity contribution in [2.45, 2.75) is 6.43 Å². The average Bonchev–Trinajstić information content (AvgIpc) is 2.83. The third kappa shape index (κ3) is 4.61. The number of hydrogen-bond acceptors (Lipinski definition) is 5. The predicted molar refractivity (Wildman–Crippen MR) is 73.6 cm³/mol. The minimum atomic E-state index is -2.49. The Balaban J connectivity index is 1.88. The van der Waals surface area contributed by atoms with Crippen LogP contribution in [0.2, 0.25) is 0 Å². The number of rotatable bonds is 5. The molecule has 1 aromatic rings. The fourth-order valence-electron chi connectivity index (χ4n) is 1.34. The zero-order valence-corrected chi connectivity index (χ0v) is 11.1. The summed E-state index contributed by atoms with van der Waals surface area (Å²) < 4.78 is 28.7. The Morgan fingerprint density at radius 1 is 1.40 bits per heavy atom. The zero-order valence-electron chi connectivity index (χ0n) is 10.3. The molecular formula is C12H11F2N3O2S. The number of alkyl halides is 2. The van der Waals surface area contributed by atoms with E-state index in [-0.39, 0.29) is 5.91 Å². The predicted octanol–water partition coefficient (Wildman–Crippen LogP) is 1.88. The molecule has 20 heavy (non-hydrogen) atoms. The summed E-state index contributed by atoms with van der Waals surface area (Å²) in [5.41, 5.74) is 0.744. The molecule has 5 nitrogen and oxygen atoms in total. The smallest absolute Gasteiger partial charge is 0.272 e. The molecule has 0 radical (unpaired) electrons. The van der Waals surface area contributed by atoms with Crippen LogP contribution in [0.15, 0.2) is 34.5 Å². The van der Waals surface area contributed by atoms with Crippen molar-refractivity contribution in [2.24, 2.45) is 10.2 Å². The molecule has 0 atom stereocenters. The number of halogens is 2. The first-order valence-electron chi connectivity index (χ1n) is 5.68. The van der Waals surface area contributed by atoms with E-state index in [0.717, 1.165) is 5.56 Å². The van der Waals surface area contributed by atoms with Crippen molar-refractivity contribution in [3.8, 4) is 5.75 Å². The Hall–Kier alpha value is -1.96. The number of carbonyl (C=O) groups is 1. The fraction of sp³-hybridized carbons (Fsp3) is 0.250. The summed E-state index contributed by atoms with van der Waals surface area (Å²) in [6.07, 6.45) is -0.999. The summed E-state index contributed by atoms with van der Waals surface area (Å²) in [5.74, 6) is 0.627.